The van der Waals surface area contributed by atoms with Crippen LogP contribution in [0.1, 0.15) is 10.4 Å². The number of hydrogen-bond acceptors (Lipinski definition) is 6. The number of hydrogen-bond donors (Lipinski definition) is 0. The number of carbonyl (C=O) groups is 1. The van der Waals surface area contributed by atoms with E-state index in [0.29, 0.717) is 0 Å². The standard InChI is InChI=1S/C14H20N4O6S/c1-15(2)25(22,23)17-8-6-16(7-9-17)14(19)11-4-5-13(24-3)12(10-11)18(20)21/h4-5,10H,6-9H2,1-3H3. The van der Waals surface area contributed by atoms with Crippen molar-refractivity contribution in [1.82, 2.24) is 13.5 Å². The van der Waals surface area contributed by atoms with Gasteiger partial charge in [-0.05, 0) is 12.1 Å². The first-order valence-electron chi connectivity index (χ1n) is 7.47. The number of ether oxygens (including phenoxy) is 1. The van der Waals surface area contributed by atoms with Gasteiger partial charge in [0.25, 0.3) is 16.1 Å². The number of carbonyl (C=O) groups excluding carboxylic acids is 1. The Hall–Kier alpha value is -2.24. The number of rotatable bonds is 5. The van der Waals surface area contributed by atoms with Crippen LogP contribution in [0.4, 0.5) is 5.69 Å². The molecule has 0 unspecified atom stereocenters. The third-order valence-corrected chi connectivity index (χ3v) is 5.88. The molecule has 0 aliphatic carbocycles. The molecule has 10 nitrogen and oxygen atoms in total. The van der Waals surface area contributed by atoms with Crippen molar-refractivity contribution in [1.29, 1.82) is 0 Å². The molecule has 0 spiro atoms. The molecule has 2 rings (SSSR count). The molecular formula is C14H20N4O6S. The molecule has 1 aromatic rings. The molecule has 1 heterocycles. The highest BCUT2D eigenvalue weighted by Crippen LogP contribution is 2.28. The quantitative estimate of drug-likeness (QED) is 0.538. The van der Waals surface area contributed by atoms with Gasteiger partial charge in [0.2, 0.25) is 0 Å². The van der Waals surface area contributed by atoms with Gasteiger partial charge in [-0.3, -0.25) is 14.9 Å². The lowest BCUT2D eigenvalue weighted by Gasteiger charge is -2.35. The average Bonchev–Trinajstić information content (AvgIpc) is 2.60. The van der Waals surface area contributed by atoms with E-state index >= 15 is 0 Å². The SMILES string of the molecule is COc1ccc(C(=O)N2CCN(S(=O)(=O)N(C)C)CC2)cc1[N+](=O)[O-]. The van der Waals surface area contributed by atoms with Crippen LogP contribution < -0.4 is 4.74 Å². The Balaban J connectivity index is 2.13. The Bertz CT molecular complexity index is 772. The van der Waals surface area contributed by atoms with E-state index in [2.05, 4.69) is 0 Å². The summed E-state index contributed by atoms with van der Waals surface area (Å²) in [5.41, 5.74) is -0.126. The number of nitro groups is 1. The molecule has 1 aromatic carbocycles. The normalized spacial score (nSPS) is 16.1. The highest BCUT2D eigenvalue weighted by Gasteiger charge is 2.31. The van der Waals surface area contributed by atoms with E-state index in [-0.39, 0.29) is 49.1 Å². The molecule has 1 aliphatic heterocycles. The van der Waals surface area contributed by atoms with Crippen LogP contribution in [0.2, 0.25) is 0 Å². The topological polar surface area (TPSA) is 113 Å². The summed E-state index contributed by atoms with van der Waals surface area (Å²) < 4.78 is 31.5. The molecular weight excluding hydrogens is 352 g/mol. The minimum atomic E-state index is -3.52. The maximum Gasteiger partial charge on any atom is 0.311 e. The van der Waals surface area contributed by atoms with Gasteiger partial charge in [-0.15, -0.1) is 0 Å². The van der Waals surface area contributed by atoms with Crippen molar-refractivity contribution < 1.29 is 22.9 Å². The largest absolute Gasteiger partial charge is 0.490 e. The second kappa shape index (κ2) is 7.33. The van der Waals surface area contributed by atoms with E-state index in [1.807, 2.05) is 0 Å². The Kier molecular flexibility index (Phi) is 5.60. The zero-order chi connectivity index (χ0) is 18.8. The second-order valence-corrected chi connectivity index (χ2v) is 7.77. The predicted molar refractivity (Wildman–Crippen MR) is 89.7 cm³/mol. The maximum atomic E-state index is 12.5. The molecule has 25 heavy (non-hydrogen) atoms. The lowest BCUT2D eigenvalue weighted by Crippen LogP contribution is -2.53. The van der Waals surface area contributed by atoms with Crippen molar-refractivity contribution in [3.05, 3.63) is 33.9 Å². The van der Waals surface area contributed by atoms with Crippen LogP contribution in [-0.2, 0) is 10.2 Å². The molecule has 1 aliphatic rings. The average molecular weight is 372 g/mol. The van der Waals surface area contributed by atoms with Gasteiger partial charge in [0.05, 0.1) is 12.0 Å². The van der Waals surface area contributed by atoms with Crippen molar-refractivity contribution in [2.45, 2.75) is 0 Å². The van der Waals surface area contributed by atoms with E-state index in [1.54, 1.807) is 0 Å². The van der Waals surface area contributed by atoms with Crippen LogP contribution >= 0.6 is 0 Å². The summed E-state index contributed by atoms with van der Waals surface area (Å²) in [6, 6.07) is 4.00. The van der Waals surface area contributed by atoms with Gasteiger partial charge in [0, 0.05) is 51.9 Å². The summed E-state index contributed by atoms with van der Waals surface area (Å²) in [7, 11) is 0.691. The Morgan fingerprint density at radius 3 is 2.32 bits per heavy atom. The minimum Gasteiger partial charge on any atom is -0.490 e. The number of methoxy groups -OCH3 is 1. The van der Waals surface area contributed by atoms with Gasteiger partial charge in [-0.2, -0.15) is 17.0 Å². The molecule has 0 saturated carbocycles. The van der Waals surface area contributed by atoms with Crippen LogP contribution in [0.5, 0.6) is 5.75 Å². The number of nitro benzene ring substituents is 1. The van der Waals surface area contributed by atoms with Gasteiger partial charge in [-0.25, -0.2) is 0 Å². The Morgan fingerprint density at radius 1 is 1.24 bits per heavy atom. The molecule has 11 heteroatoms. The highest BCUT2D eigenvalue weighted by molar-refractivity contribution is 7.86. The van der Waals surface area contributed by atoms with Crippen LogP contribution in [0.15, 0.2) is 18.2 Å². The lowest BCUT2D eigenvalue weighted by molar-refractivity contribution is -0.385. The fourth-order valence-electron chi connectivity index (χ4n) is 2.50. The van der Waals surface area contributed by atoms with Crippen LogP contribution in [0.25, 0.3) is 0 Å². The van der Waals surface area contributed by atoms with Crippen LogP contribution in [-0.4, -0.2) is 80.1 Å². The fraction of sp³-hybridized carbons (Fsp3) is 0.500. The van der Waals surface area contributed by atoms with E-state index in [0.717, 1.165) is 4.31 Å². The highest BCUT2D eigenvalue weighted by atomic mass is 32.2. The molecule has 1 saturated heterocycles. The lowest BCUT2D eigenvalue weighted by atomic mass is 10.1. The Labute approximate surface area is 145 Å². The van der Waals surface area contributed by atoms with E-state index in [1.165, 1.54) is 48.6 Å². The zero-order valence-corrected chi connectivity index (χ0v) is 15.0. The number of amides is 1. The second-order valence-electron chi connectivity index (χ2n) is 5.63. The molecule has 1 amide bonds. The summed E-state index contributed by atoms with van der Waals surface area (Å²) >= 11 is 0. The number of nitrogens with zero attached hydrogens (tertiary/aromatic N) is 4. The molecule has 0 N–H and O–H groups in total. The first kappa shape index (κ1) is 19.1. The fourth-order valence-corrected chi connectivity index (χ4v) is 3.59. The third kappa shape index (κ3) is 3.89. The summed E-state index contributed by atoms with van der Waals surface area (Å²) in [5, 5.41) is 11.1. The predicted octanol–water partition coefficient (Wildman–Crippen LogP) is 0.168. The first-order valence-corrected chi connectivity index (χ1v) is 8.87. The number of benzene rings is 1. The molecule has 0 atom stereocenters. The first-order chi connectivity index (χ1) is 11.7. The van der Waals surface area contributed by atoms with Gasteiger partial charge >= 0.3 is 5.69 Å². The van der Waals surface area contributed by atoms with E-state index in [4.69, 9.17) is 4.74 Å². The smallest absolute Gasteiger partial charge is 0.311 e. The number of piperazine rings is 1. The minimum absolute atomic E-state index is 0.0726. The summed E-state index contributed by atoms with van der Waals surface area (Å²) in [5.74, 6) is -0.309. The van der Waals surface area contributed by atoms with Gasteiger partial charge < -0.3 is 9.64 Å². The molecule has 1 fully saturated rings. The molecule has 0 aromatic heterocycles. The van der Waals surface area contributed by atoms with Crippen molar-refractivity contribution >= 4 is 21.8 Å². The van der Waals surface area contributed by atoms with Gasteiger partial charge in [-0.1, -0.05) is 0 Å². The monoisotopic (exact) mass is 372 g/mol. The summed E-state index contributed by atoms with van der Waals surface area (Å²) in [4.78, 5) is 24.5. The van der Waals surface area contributed by atoms with Crippen molar-refractivity contribution in [3.8, 4) is 5.75 Å². The van der Waals surface area contributed by atoms with Crippen molar-refractivity contribution in [2.75, 3.05) is 47.4 Å². The van der Waals surface area contributed by atoms with E-state index < -0.39 is 15.1 Å². The summed E-state index contributed by atoms with van der Waals surface area (Å²) in [6.07, 6.45) is 0. The van der Waals surface area contributed by atoms with Gasteiger partial charge in [0.15, 0.2) is 5.75 Å². The molecule has 138 valence electrons. The van der Waals surface area contributed by atoms with E-state index in [9.17, 15) is 23.3 Å². The van der Waals surface area contributed by atoms with Crippen LogP contribution in [0.3, 0.4) is 0 Å². The Morgan fingerprint density at radius 2 is 1.84 bits per heavy atom. The maximum absolute atomic E-state index is 12.5. The molecule has 0 radical (unpaired) electrons. The molecule has 0 bridgehead atoms. The van der Waals surface area contributed by atoms with Crippen molar-refractivity contribution in [2.24, 2.45) is 0 Å². The van der Waals surface area contributed by atoms with Gasteiger partial charge in [0.1, 0.15) is 0 Å². The van der Waals surface area contributed by atoms with Crippen molar-refractivity contribution in [3.63, 3.8) is 0 Å². The third-order valence-electron chi connectivity index (χ3n) is 3.94. The zero-order valence-electron chi connectivity index (χ0n) is 14.2. The summed E-state index contributed by atoms with van der Waals surface area (Å²) in [6.45, 7) is 0.770. The van der Waals surface area contributed by atoms with Crippen LogP contribution in [0, 0.1) is 10.1 Å².